The molecule has 2 fully saturated rings. The van der Waals surface area contributed by atoms with E-state index in [0.29, 0.717) is 24.3 Å². The molecule has 18 heavy (non-hydrogen) atoms. The number of amidine groups is 1. The molecule has 4 heteroatoms. The molecule has 0 aromatic heterocycles. The summed E-state index contributed by atoms with van der Waals surface area (Å²) in [6.45, 7) is 6.86. The fourth-order valence-electron chi connectivity index (χ4n) is 3.16. The summed E-state index contributed by atoms with van der Waals surface area (Å²) in [7, 11) is 0. The quantitative estimate of drug-likeness (QED) is 0.794. The van der Waals surface area contributed by atoms with E-state index >= 15 is 0 Å². The van der Waals surface area contributed by atoms with Gasteiger partial charge in [-0.05, 0) is 31.1 Å². The van der Waals surface area contributed by atoms with Gasteiger partial charge in [0.1, 0.15) is 0 Å². The highest BCUT2D eigenvalue weighted by atomic mass is 32.2. The number of thioether (sulfide) groups is 1. The van der Waals surface area contributed by atoms with E-state index in [9.17, 15) is 0 Å². The van der Waals surface area contributed by atoms with Crippen LogP contribution in [0.5, 0.6) is 0 Å². The molecule has 2 bridgehead atoms. The lowest BCUT2D eigenvalue weighted by molar-refractivity contribution is 0.0993. The molecule has 0 aliphatic carbocycles. The third-order valence-electron chi connectivity index (χ3n) is 4.32. The van der Waals surface area contributed by atoms with Crippen molar-refractivity contribution in [2.45, 2.75) is 70.7 Å². The van der Waals surface area contributed by atoms with Gasteiger partial charge in [0, 0.05) is 5.75 Å². The Hall–Kier alpha value is -0.220. The third kappa shape index (κ3) is 2.55. The maximum Gasteiger partial charge on any atom is 0.157 e. The van der Waals surface area contributed by atoms with Gasteiger partial charge in [0.05, 0.1) is 24.3 Å². The smallest absolute Gasteiger partial charge is 0.157 e. The van der Waals surface area contributed by atoms with Gasteiger partial charge in [0.15, 0.2) is 5.17 Å². The van der Waals surface area contributed by atoms with Crippen molar-refractivity contribution in [1.82, 2.24) is 5.32 Å². The van der Waals surface area contributed by atoms with Crippen LogP contribution in [0.4, 0.5) is 0 Å². The number of aliphatic imine (C=N–C) groups is 1. The summed E-state index contributed by atoms with van der Waals surface area (Å²) in [6, 6.07) is 0.967. The van der Waals surface area contributed by atoms with Crippen LogP contribution < -0.4 is 5.32 Å². The second-order valence-electron chi connectivity index (χ2n) is 6.81. The number of hydrogen-bond donors (Lipinski definition) is 1. The first-order valence-corrected chi connectivity index (χ1v) is 8.13. The fraction of sp³-hybridized carbons (Fsp3) is 0.929. The topological polar surface area (TPSA) is 33.6 Å². The zero-order chi connectivity index (χ0) is 12.8. The molecular weight excluding hydrogens is 244 g/mol. The van der Waals surface area contributed by atoms with Crippen LogP contribution in [0.2, 0.25) is 0 Å². The monoisotopic (exact) mass is 268 g/mol. The van der Waals surface area contributed by atoms with E-state index in [4.69, 9.17) is 9.73 Å². The number of ether oxygens (including phenoxy) is 1. The number of fused-ring (bicyclic) bond motifs is 2. The molecule has 2 saturated heterocycles. The Kier molecular flexibility index (Phi) is 3.35. The van der Waals surface area contributed by atoms with Gasteiger partial charge in [-0.25, -0.2) is 0 Å². The van der Waals surface area contributed by atoms with Crippen molar-refractivity contribution < 1.29 is 4.74 Å². The minimum atomic E-state index is 0.277. The van der Waals surface area contributed by atoms with Crippen molar-refractivity contribution in [2.24, 2.45) is 10.4 Å². The first-order chi connectivity index (χ1) is 8.52. The minimum Gasteiger partial charge on any atom is -0.373 e. The molecule has 3 aliphatic heterocycles. The van der Waals surface area contributed by atoms with Gasteiger partial charge in [0.25, 0.3) is 0 Å². The van der Waals surface area contributed by atoms with Crippen LogP contribution >= 0.6 is 11.8 Å². The summed E-state index contributed by atoms with van der Waals surface area (Å²) in [5, 5.41) is 4.79. The lowest BCUT2D eigenvalue weighted by Gasteiger charge is -2.32. The third-order valence-corrected chi connectivity index (χ3v) is 5.25. The second kappa shape index (κ2) is 4.71. The predicted molar refractivity (Wildman–Crippen MR) is 77.2 cm³/mol. The van der Waals surface area contributed by atoms with E-state index < -0.39 is 0 Å². The average Bonchev–Trinajstić information content (AvgIpc) is 2.90. The summed E-state index contributed by atoms with van der Waals surface area (Å²) >= 11 is 1.88. The Balaban J connectivity index is 1.64. The highest BCUT2D eigenvalue weighted by Crippen LogP contribution is 2.35. The summed E-state index contributed by atoms with van der Waals surface area (Å²) in [4.78, 5) is 4.91. The van der Waals surface area contributed by atoms with Gasteiger partial charge >= 0.3 is 0 Å². The van der Waals surface area contributed by atoms with Crippen molar-refractivity contribution >= 4 is 16.9 Å². The van der Waals surface area contributed by atoms with Crippen LogP contribution in [0.25, 0.3) is 0 Å². The highest BCUT2D eigenvalue weighted by molar-refractivity contribution is 8.13. The zero-order valence-electron chi connectivity index (χ0n) is 11.6. The lowest BCUT2D eigenvalue weighted by Crippen LogP contribution is -2.42. The lowest BCUT2D eigenvalue weighted by atomic mass is 9.85. The van der Waals surface area contributed by atoms with E-state index in [1.165, 1.54) is 31.4 Å². The Morgan fingerprint density at radius 2 is 2.11 bits per heavy atom. The maximum absolute atomic E-state index is 5.89. The molecule has 3 nitrogen and oxygen atoms in total. The van der Waals surface area contributed by atoms with E-state index in [1.54, 1.807) is 0 Å². The molecule has 0 saturated carbocycles. The van der Waals surface area contributed by atoms with Crippen LogP contribution in [0, 0.1) is 5.41 Å². The molecular formula is C14H24N2OS. The standard InChI is InChI=1S/C14H24N2OS/c1-14(2,3)12-6-7-18-13(16-12)15-10-8-9-4-5-11(10)17-9/h9-12H,4-8H2,1-3H3,(H,15,16). The molecule has 0 radical (unpaired) electrons. The minimum absolute atomic E-state index is 0.277. The summed E-state index contributed by atoms with van der Waals surface area (Å²) in [6.07, 6.45) is 5.81. The second-order valence-corrected chi connectivity index (χ2v) is 7.90. The normalized spacial score (nSPS) is 39.8. The Morgan fingerprint density at radius 3 is 2.72 bits per heavy atom. The summed E-state index contributed by atoms with van der Waals surface area (Å²) in [5.41, 5.74) is 0.277. The Morgan fingerprint density at radius 1 is 1.28 bits per heavy atom. The zero-order valence-corrected chi connectivity index (χ0v) is 12.4. The summed E-state index contributed by atoms with van der Waals surface area (Å²) in [5.74, 6) is 1.19. The Labute approximate surface area is 114 Å². The number of nitrogens with zero attached hydrogens (tertiary/aromatic N) is 1. The molecule has 4 atom stereocenters. The number of nitrogens with one attached hydrogen (secondary N) is 1. The molecule has 0 aromatic carbocycles. The largest absolute Gasteiger partial charge is 0.373 e. The first kappa shape index (κ1) is 12.8. The maximum atomic E-state index is 5.89. The molecule has 3 aliphatic rings. The van der Waals surface area contributed by atoms with Crippen LogP contribution in [-0.4, -0.2) is 35.2 Å². The molecule has 0 aromatic rings. The molecule has 102 valence electrons. The number of rotatable bonds is 1. The van der Waals surface area contributed by atoms with Gasteiger partial charge in [0.2, 0.25) is 0 Å². The van der Waals surface area contributed by atoms with Gasteiger partial charge in [-0.15, -0.1) is 0 Å². The van der Waals surface area contributed by atoms with Crippen molar-refractivity contribution in [2.75, 3.05) is 5.75 Å². The van der Waals surface area contributed by atoms with Crippen LogP contribution in [0.15, 0.2) is 4.99 Å². The van der Waals surface area contributed by atoms with Crippen molar-refractivity contribution in [1.29, 1.82) is 0 Å². The fourth-order valence-corrected chi connectivity index (χ4v) is 4.14. The highest BCUT2D eigenvalue weighted by Gasteiger charge is 2.41. The van der Waals surface area contributed by atoms with Gasteiger partial charge in [-0.1, -0.05) is 32.5 Å². The predicted octanol–water partition coefficient (Wildman–Crippen LogP) is 2.80. The van der Waals surface area contributed by atoms with Crippen LogP contribution in [0.3, 0.4) is 0 Å². The van der Waals surface area contributed by atoms with E-state index in [2.05, 4.69) is 26.1 Å². The van der Waals surface area contributed by atoms with Gasteiger partial charge in [-0.2, -0.15) is 0 Å². The molecule has 0 spiro atoms. The van der Waals surface area contributed by atoms with E-state index in [1.807, 2.05) is 11.8 Å². The molecule has 3 rings (SSSR count). The van der Waals surface area contributed by atoms with E-state index in [0.717, 1.165) is 5.17 Å². The Bertz CT molecular complexity index is 350. The average molecular weight is 268 g/mol. The molecule has 4 unspecified atom stereocenters. The molecule has 3 heterocycles. The van der Waals surface area contributed by atoms with E-state index in [-0.39, 0.29) is 5.41 Å². The van der Waals surface area contributed by atoms with Crippen molar-refractivity contribution in [3.63, 3.8) is 0 Å². The van der Waals surface area contributed by atoms with Crippen molar-refractivity contribution in [3.05, 3.63) is 0 Å². The van der Waals surface area contributed by atoms with Gasteiger partial charge < -0.3 is 10.1 Å². The summed E-state index contributed by atoms with van der Waals surface area (Å²) < 4.78 is 5.89. The van der Waals surface area contributed by atoms with Crippen molar-refractivity contribution in [3.8, 4) is 0 Å². The SMILES string of the molecule is CC(C)(C)C1CCSC(NC2CC3CCC2O3)=N1. The number of hydrogen-bond acceptors (Lipinski definition) is 4. The first-order valence-electron chi connectivity index (χ1n) is 7.15. The molecule has 0 amide bonds. The molecule has 1 N–H and O–H groups in total. The van der Waals surface area contributed by atoms with Crippen LogP contribution in [-0.2, 0) is 4.74 Å². The van der Waals surface area contributed by atoms with Crippen LogP contribution in [0.1, 0.15) is 46.5 Å². The van der Waals surface area contributed by atoms with Gasteiger partial charge in [-0.3, -0.25) is 4.99 Å².